The molecule has 0 aliphatic heterocycles. The highest BCUT2D eigenvalue weighted by Gasteiger charge is 1.96. The number of aromatic nitrogens is 1. The van der Waals surface area contributed by atoms with Gasteiger partial charge in [-0.2, -0.15) is 0 Å². The highest BCUT2D eigenvalue weighted by Crippen LogP contribution is 2.14. The second-order valence-electron chi connectivity index (χ2n) is 2.27. The van der Waals surface area contributed by atoms with E-state index in [4.69, 9.17) is 11.6 Å². The average Bonchev–Trinajstić information content (AvgIpc) is 1.94. The van der Waals surface area contributed by atoms with E-state index in [2.05, 4.69) is 11.9 Å². The molecule has 0 fully saturated rings. The van der Waals surface area contributed by atoms with Crippen molar-refractivity contribution in [1.29, 1.82) is 0 Å². The summed E-state index contributed by atoms with van der Waals surface area (Å²) in [5, 5.41) is 0.771. The Kier molecular flexibility index (Phi) is 2.28. The SMILES string of the molecule is CCc1cc(C)ncc1Cl. The van der Waals surface area contributed by atoms with Crippen LogP contribution in [0.25, 0.3) is 0 Å². The first-order valence-electron chi connectivity index (χ1n) is 3.35. The van der Waals surface area contributed by atoms with Crippen molar-refractivity contribution in [2.45, 2.75) is 20.3 Å². The molecule has 0 N–H and O–H groups in total. The van der Waals surface area contributed by atoms with Gasteiger partial charge in [0.15, 0.2) is 0 Å². The van der Waals surface area contributed by atoms with Crippen molar-refractivity contribution in [3.8, 4) is 0 Å². The molecule has 0 radical (unpaired) electrons. The second-order valence-corrected chi connectivity index (χ2v) is 2.68. The number of pyridine rings is 1. The molecule has 0 aromatic carbocycles. The van der Waals surface area contributed by atoms with Crippen LogP contribution in [0.4, 0.5) is 0 Å². The minimum absolute atomic E-state index is 0.771. The van der Waals surface area contributed by atoms with Crippen molar-refractivity contribution in [3.05, 3.63) is 28.5 Å². The monoisotopic (exact) mass is 155 g/mol. The predicted molar refractivity (Wildman–Crippen MR) is 43.4 cm³/mol. The molecule has 0 amide bonds. The first-order chi connectivity index (χ1) is 4.74. The fraction of sp³-hybridized carbons (Fsp3) is 0.375. The Morgan fingerprint density at radius 1 is 1.60 bits per heavy atom. The van der Waals surface area contributed by atoms with Gasteiger partial charge in [-0.3, -0.25) is 4.98 Å². The van der Waals surface area contributed by atoms with Crippen LogP contribution in [0.15, 0.2) is 12.3 Å². The Morgan fingerprint density at radius 2 is 2.30 bits per heavy atom. The Balaban J connectivity index is 3.09. The molecular weight excluding hydrogens is 146 g/mol. The second kappa shape index (κ2) is 3.02. The first-order valence-corrected chi connectivity index (χ1v) is 3.73. The van der Waals surface area contributed by atoms with Gasteiger partial charge in [-0.1, -0.05) is 18.5 Å². The third-order valence-corrected chi connectivity index (χ3v) is 1.79. The average molecular weight is 156 g/mol. The number of halogens is 1. The molecule has 54 valence electrons. The zero-order valence-corrected chi connectivity index (χ0v) is 6.94. The molecule has 1 aromatic rings. The molecule has 0 aliphatic rings. The minimum atomic E-state index is 0.771. The van der Waals surface area contributed by atoms with Crippen LogP contribution in [0.1, 0.15) is 18.2 Å². The van der Waals surface area contributed by atoms with E-state index >= 15 is 0 Å². The predicted octanol–water partition coefficient (Wildman–Crippen LogP) is 2.61. The smallest absolute Gasteiger partial charge is 0.0621 e. The topological polar surface area (TPSA) is 12.9 Å². The van der Waals surface area contributed by atoms with Crippen LogP contribution in [0.2, 0.25) is 5.02 Å². The summed E-state index contributed by atoms with van der Waals surface area (Å²) in [7, 11) is 0. The molecule has 0 saturated carbocycles. The highest BCUT2D eigenvalue weighted by atomic mass is 35.5. The summed E-state index contributed by atoms with van der Waals surface area (Å²) < 4.78 is 0. The minimum Gasteiger partial charge on any atom is -0.260 e. The molecule has 0 unspecified atom stereocenters. The molecule has 2 heteroatoms. The molecule has 1 rings (SSSR count). The van der Waals surface area contributed by atoms with Gasteiger partial charge in [0.2, 0.25) is 0 Å². The molecule has 1 heterocycles. The normalized spacial score (nSPS) is 9.90. The summed E-state index contributed by atoms with van der Waals surface area (Å²) >= 11 is 5.83. The third kappa shape index (κ3) is 1.48. The largest absolute Gasteiger partial charge is 0.260 e. The summed E-state index contributed by atoms with van der Waals surface area (Å²) in [5.74, 6) is 0. The summed E-state index contributed by atoms with van der Waals surface area (Å²) in [5.41, 5.74) is 2.20. The number of hydrogen-bond donors (Lipinski definition) is 0. The standard InChI is InChI=1S/C8H10ClN/c1-3-7-4-6(2)10-5-8(7)9/h4-5H,3H2,1-2H3. The van der Waals surface area contributed by atoms with Gasteiger partial charge in [-0.05, 0) is 25.0 Å². The van der Waals surface area contributed by atoms with Crippen LogP contribution in [0, 0.1) is 6.92 Å². The molecule has 0 atom stereocenters. The van der Waals surface area contributed by atoms with Crippen LogP contribution < -0.4 is 0 Å². The number of rotatable bonds is 1. The molecule has 1 aromatic heterocycles. The maximum absolute atomic E-state index is 5.83. The van der Waals surface area contributed by atoms with Crippen LogP contribution in [-0.2, 0) is 6.42 Å². The van der Waals surface area contributed by atoms with E-state index in [1.54, 1.807) is 6.20 Å². The van der Waals surface area contributed by atoms with Gasteiger partial charge < -0.3 is 0 Å². The van der Waals surface area contributed by atoms with Gasteiger partial charge in [0, 0.05) is 11.9 Å². The lowest BCUT2D eigenvalue weighted by molar-refractivity contribution is 1.09. The first kappa shape index (κ1) is 7.55. The highest BCUT2D eigenvalue weighted by molar-refractivity contribution is 6.31. The van der Waals surface area contributed by atoms with Gasteiger partial charge in [-0.25, -0.2) is 0 Å². The molecule has 0 aliphatic carbocycles. The quantitative estimate of drug-likeness (QED) is 0.608. The summed E-state index contributed by atoms with van der Waals surface area (Å²) in [4.78, 5) is 4.06. The molecule has 1 nitrogen and oxygen atoms in total. The van der Waals surface area contributed by atoms with Crippen molar-refractivity contribution >= 4 is 11.6 Å². The van der Waals surface area contributed by atoms with E-state index in [0.717, 1.165) is 17.1 Å². The van der Waals surface area contributed by atoms with Gasteiger partial charge >= 0.3 is 0 Å². The molecular formula is C8H10ClN. The van der Waals surface area contributed by atoms with E-state index in [-0.39, 0.29) is 0 Å². The molecule has 0 saturated heterocycles. The number of hydrogen-bond acceptors (Lipinski definition) is 1. The summed E-state index contributed by atoms with van der Waals surface area (Å²) in [6.07, 6.45) is 2.68. The zero-order valence-electron chi connectivity index (χ0n) is 6.19. The van der Waals surface area contributed by atoms with Gasteiger partial charge in [0.25, 0.3) is 0 Å². The Morgan fingerprint density at radius 3 is 2.80 bits per heavy atom. The van der Waals surface area contributed by atoms with Crippen LogP contribution >= 0.6 is 11.6 Å². The zero-order chi connectivity index (χ0) is 7.56. The molecule has 10 heavy (non-hydrogen) atoms. The maximum Gasteiger partial charge on any atom is 0.0621 e. The van der Waals surface area contributed by atoms with E-state index in [9.17, 15) is 0 Å². The summed E-state index contributed by atoms with van der Waals surface area (Å²) in [6, 6.07) is 2.02. The number of nitrogens with zero attached hydrogens (tertiary/aromatic N) is 1. The Hall–Kier alpha value is -0.560. The van der Waals surface area contributed by atoms with Crippen molar-refractivity contribution in [3.63, 3.8) is 0 Å². The van der Waals surface area contributed by atoms with Crippen molar-refractivity contribution in [2.24, 2.45) is 0 Å². The van der Waals surface area contributed by atoms with E-state index in [1.807, 2.05) is 13.0 Å². The number of aryl methyl sites for hydroxylation is 2. The van der Waals surface area contributed by atoms with E-state index in [1.165, 1.54) is 5.56 Å². The molecule has 0 bridgehead atoms. The fourth-order valence-electron chi connectivity index (χ4n) is 0.871. The van der Waals surface area contributed by atoms with Crippen LogP contribution in [0.5, 0.6) is 0 Å². The van der Waals surface area contributed by atoms with Crippen LogP contribution in [-0.4, -0.2) is 4.98 Å². The summed E-state index contributed by atoms with van der Waals surface area (Å²) in [6.45, 7) is 4.05. The van der Waals surface area contributed by atoms with Gasteiger partial charge in [0.05, 0.1) is 5.02 Å². The Labute approximate surface area is 66.0 Å². The maximum atomic E-state index is 5.83. The lowest BCUT2D eigenvalue weighted by atomic mass is 10.2. The lowest BCUT2D eigenvalue weighted by Crippen LogP contribution is -1.86. The van der Waals surface area contributed by atoms with Gasteiger partial charge in [0.1, 0.15) is 0 Å². The van der Waals surface area contributed by atoms with Crippen molar-refractivity contribution < 1.29 is 0 Å². The lowest BCUT2D eigenvalue weighted by Gasteiger charge is -1.99. The van der Waals surface area contributed by atoms with Crippen molar-refractivity contribution in [1.82, 2.24) is 4.98 Å². The third-order valence-electron chi connectivity index (χ3n) is 1.45. The fourth-order valence-corrected chi connectivity index (χ4v) is 1.11. The van der Waals surface area contributed by atoms with Crippen molar-refractivity contribution in [2.75, 3.05) is 0 Å². The van der Waals surface area contributed by atoms with Crippen LogP contribution in [0.3, 0.4) is 0 Å². The van der Waals surface area contributed by atoms with E-state index < -0.39 is 0 Å². The van der Waals surface area contributed by atoms with E-state index in [0.29, 0.717) is 0 Å². The van der Waals surface area contributed by atoms with Gasteiger partial charge in [-0.15, -0.1) is 0 Å². The Bertz CT molecular complexity index is 233. The molecule has 0 spiro atoms.